The van der Waals surface area contributed by atoms with Gasteiger partial charge < -0.3 is 29.6 Å². The Kier molecular flexibility index (Phi) is 8.91. The first kappa shape index (κ1) is 30.2. The van der Waals surface area contributed by atoms with Crippen LogP contribution in [0.5, 0.6) is 17.2 Å². The molecule has 2 N–H and O–H groups in total. The van der Waals surface area contributed by atoms with Crippen LogP contribution >= 0.6 is 23.2 Å². The molecule has 0 bridgehead atoms. The number of halogens is 3. The largest absolute Gasteiger partial charge is 0.493 e. The van der Waals surface area contributed by atoms with Crippen molar-refractivity contribution in [3.05, 3.63) is 75.9 Å². The zero-order chi connectivity index (χ0) is 30.7. The second kappa shape index (κ2) is 13.0. The number of nitrogens with one attached hydrogen (secondary N) is 2. The Morgan fingerprint density at radius 1 is 1.14 bits per heavy atom. The molecule has 0 radical (unpaired) electrons. The Balaban J connectivity index is 1.22. The Bertz CT molecular complexity index is 1730. The second-order valence-electron chi connectivity index (χ2n) is 11.0. The highest BCUT2D eigenvalue weighted by Gasteiger charge is 2.41. The van der Waals surface area contributed by atoms with Gasteiger partial charge in [-0.1, -0.05) is 29.3 Å². The molecule has 9 nitrogen and oxygen atoms in total. The highest BCUT2D eigenvalue weighted by Crippen LogP contribution is 2.42. The lowest BCUT2D eigenvalue weighted by atomic mass is 9.77. The Morgan fingerprint density at radius 3 is 2.75 bits per heavy atom. The molecular formula is C32H30Cl2FN5O4. The van der Waals surface area contributed by atoms with Gasteiger partial charge in [0.25, 0.3) is 0 Å². The highest BCUT2D eigenvalue weighted by molar-refractivity contribution is 6.33. The van der Waals surface area contributed by atoms with E-state index in [9.17, 15) is 5.26 Å². The lowest BCUT2D eigenvalue weighted by Gasteiger charge is -2.32. The molecule has 0 amide bonds. The number of fused-ring (bicyclic) bond motifs is 1. The van der Waals surface area contributed by atoms with Crippen molar-refractivity contribution in [2.75, 3.05) is 38.7 Å². The topological polar surface area (TPSA) is 111 Å². The van der Waals surface area contributed by atoms with Gasteiger partial charge in [0.2, 0.25) is 0 Å². The van der Waals surface area contributed by atoms with E-state index in [0.717, 1.165) is 39.0 Å². The van der Waals surface area contributed by atoms with Crippen LogP contribution in [-0.4, -0.2) is 49.5 Å². The van der Waals surface area contributed by atoms with E-state index in [-0.39, 0.29) is 40.1 Å². The second-order valence-corrected chi connectivity index (χ2v) is 11.8. The summed E-state index contributed by atoms with van der Waals surface area (Å²) in [5.41, 5.74) is 2.19. The van der Waals surface area contributed by atoms with Crippen LogP contribution in [0, 0.1) is 22.6 Å². The van der Waals surface area contributed by atoms with E-state index in [1.54, 1.807) is 37.4 Å². The molecule has 0 saturated carbocycles. The van der Waals surface area contributed by atoms with Gasteiger partial charge in [-0.2, -0.15) is 5.26 Å². The first-order valence-electron chi connectivity index (χ1n) is 14.2. The normalized spacial score (nSPS) is 17.4. The Labute approximate surface area is 264 Å². The van der Waals surface area contributed by atoms with E-state index >= 15 is 4.39 Å². The molecule has 44 heavy (non-hydrogen) atoms. The van der Waals surface area contributed by atoms with Crippen molar-refractivity contribution in [3.63, 3.8) is 0 Å². The van der Waals surface area contributed by atoms with Gasteiger partial charge in [0.15, 0.2) is 23.1 Å². The van der Waals surface area contributed by atoms with Crippen molar-refractivity contribution in [2.45, 2.75) is 32.0 Å². The molecule has 228 valence electrons. The first-order chi connectivity index (χ1) is 21.4. The molecule has 1 atom stereocenters. The maximum Gasteiger partial charge on any atom is 0.167 e. The van der Waals surface area contributed by atoms with Gasteiger partial charge in [0, 0.05) is 29.8 Å². The van der Waals surface area contributed by atoms with Gasteiger partial charge in [0.1, 0.15) is 24.4 Å². The van der Waals surface area contributed by atoms with Gasteiger partial charge in [-0.3, -0.25) is 4.98 Å². The molecule has 2 aromatic heterocycles. The monoisotopic (exact) mass is 637 g/mol. The molecule has 4 aromatic rings. The molecule has 4 heterocycles. The molecule has 12 heteroatoms. The number of methoxy groups -OCH3 is 1. The summed E-state index contributed by atoms with van der Waals surface area (Å²) < 4.78 is 38.7. The van der Waals surface area contributed by atoms with E-state index in [1.807, 2.05) is 0 Å². The van der Waals surface area contributed by atoms with Crippen molar-refractivity contribution >= 4 is 45.5 Å². The van der Waals surface area contributed by atoms with Crippen LogP contribution in [0.1, 0.15) is 30.5 Å². The summed E-state index contributed by atoms with van der Waals surface area (Å²) in [6, 6.07) is 13.3. The van der Waals surface area contributed by atoms with Crippen molar-refractivity contribution in [2.24, 2.45) is 5.41 Å². The number of pyridine rings is 2. The molecule has 6 rings (SSSR count). The fraction of sp³-hybridized carbons (Fsp3) is 0.344. The fourth-order valence-electron chi connectivity index (χ4n) is 5.73. The minimum Gasteiger partial charge on any atom is -0.493 e. The third kappa shape index (κ3) is 6.47. The van der Waals surface area contributed by atoms with Crippen LogP contribution in [-0.2, 0) is 11.3 Å². The summed E-state index contributed by atoms with van der Waals surface area (Å²) in [6.45, 7) is 3.17. The number of hydrogen-bond acceptors (Lipinski definition) is 9. The van der Waals surface area contributed by atoms with E-state index in [4.69, 9.17) is 42.1 Å². The predicted molar refractivity (Wildman–Crippen MR) is 166 cm³/mol. The molecule has 1 unspecified atom stereocenters. The van der Waals surface area contributed by atoms with Gasteiger partial charge in [-0.05, 0) is 56.0 Å². The molecule has 2 fully saturated rings. The number of nitrogens with zero attached hydrogens (tertiary/aromatic N) is 3. The number of rotatable bonds is 9. The number of nitriles is 1. The lowest BCUT2D eigenvalue weighted by molar-refractivity contribution is 0.0563. The number of aromatic nitrogens is 2. The van der Waals surface area contributed by atoms with Crippen LogP contribution in [0.2, 0.25) is 10.2 Å². The van der Waals surface area contributed by atoms with Crippen LogP contribution in [0.15, 0.2) is 48.7 Å². The number of ether oxygens (including phenoxy) is 4. The third-order valence-electron chi connectivity index (χ3n) is 8.08. The maximum absolute atomic E-state index is 15.1. The molecule has 2 aliphatic rings. The summed E-state index contributed by atoms with van der Waals surface area (Å²) in [5, 5.41) is 17.5. The molecule has 0 aliphatic carbocycles. The minimum atomic E-state index is -0.649. The zero-order valence-electron chi connectivity index (χ0n) is 24.0. The summed E-state index contributed by atoms with van der Waals surface area (Å²) in [4.78, 5) is 8.61. The summed E-state index contributed by atoms with van der Waals surface area (Å²) >= 11 is 12.5. The van der Waals surface area contributed by atoms with Gasteiger partial charge in [-0.15, -0.1) is 0 Å². The molecular weight excluding hydrogens is 608 g/mol. The fourth-order valence-corrected chi connectivity index (χ4v) is 6.12. The van der Waals surface area contributed by atoms with E-state index in [1.165, 1.54) is 18.3 Å². The minimum absolute atomic E-state index is 0.00355. The van der Waals surface area contributed by atoms with Crippen LogP contribution in [0.4, 0.5) is 15.8 Å². The van der Waals surface area contributed by atoms with Gasteiger partial charge in [-0.25, -0.2) is 9.37 Å². The maximum atomic E-state index is 15.1. The predicted octanol–water partition coefficient (Wildman–Crippen LogP) is 6.82. The molecule has 2 aromatic carbocycles. The quantitative estimate of drug-likeness (QED) is 0.191. The van der Waals surface area contributed by atoms with E-state index < -0.39 is 5.82 Å². The number of piperidine rings is 1. The lowest BCUT2D eigenvalue weighted by Crippen LogP contribution is -2.37. The molecule has 1 spiro atoms. The van der Waals surface area contributed by atoms with E-state index in [0.29, 0.717) is 45.5 Å². The number of benzene rings is 2. The summed E-state index contributed by atoms with van der Waals surface area (Å²) in [6.07, 6.45) is 4.61. The van der Waals surface area contributed by atoms with Crippen molar-refractivity contribution < 1.29 is 23.3 Å². The zero-order valence-corrected chi connectivity index (χ0v) is 25.5. The van der Waals surface area contributed by atoms with Crippen molar-refractivity contribution in [1.29, 1.82) is 5.26 Å². The van der Waals surface area contributed by atoms with Crippen LogP contribution in [0.3, 0.4) is 0 Å². The van der Waals surface area contributed by atoms with Crippen LogP contribution < -0.4 is 24.8 Å². The smallest absolute Gasteiger partial charge is 0.167 e. The summed E-state index contributed by atoms with van der Waals surface area (Å²) in [5.74, 6) is 0.271. The number of hydrogen-bond donors (Lipinski definition) is 2. The van der Waals surface area contributed by atoms with Gasteiger partial charge >= 0.3 is 0 Å². The third-order valence-corrected chi connectivity index (χ3v) is 8.60. The standard InChI is InChI=1S/C32H30Cl2FN5O4/c1-41-28-9-22-25(12-29(28)43-17-21-13-32(18-44-21)5-7-37-8-6-32)38-15-19(14-36)31(22)40-26-11-24(35)27(10-23(26)33)42-16-20-3-2-4-30(34)39-20/h2-4,9-12,15,21,37H,5-8,13,16-18H2,1H3,(H,38,40). The number of anilines is 2. The molecule has 2 aliphatic heterocycles. The van der Waals surface area contributed by atoms with Crippen molar-refractivity contribution in [3.8, 4) is 23.3 Å². The van der Waals surface area contributed by atoms with Crippen molar-refractivity contribution in [1.82, 2.24) is 15.3 Å². The Morgan fingerprint density at radius 2 is 1.98 bits per heavy atom. The first-order valence-corrected chi connectivity index (χ1v) is 15.0. The van der Waals surface area contributed by atoms with E-state index in [2.05, 4.69) is 26.7 Å². The highest BCUT2D eigenvalue weighted by atomic mass is 35.5. The average Bonchev–Trinajstić information content (AvgIpc) is 3.42. The average molecular weight is 639 g/mol. The summed E-state index contributed by atoms with van der Waals surface area (Å²) in [7, 11) is 1.54. The SMILES string of the molecule is COc1cc2c(Nc3cc(F)c(OCc4cccc(Cl)n4)cc3Cl)c(C#N)cnc2cc1OCC1CC2(CCNCC2)CO1. The Hall–Kier alpha value is -3.88. The van der Waals surface area contributed by atoms with Gasteiger partial charge in [0.05, 0.1) is 53.0 Å². The molecule has 2 saturated heterocycles. The van der Waals surface area contributed by atoms with Crippen LogP contribution in [0.25, 0.3) is 10.9 Å².